The van der Waals surface area contributed by atoms with E-state index in [2.05, 4.69) is 15.3 Å². The molecule has 4 N–H and O–H groups in total. The highest BCUT2D eigenvalue weighted by atomic mass is 35.5. The number of carbonyl (C=O) groups is 2. The smallest absolute Gasteiger partial charge is 0.255 e. The first-order valence-corrected chi connectivity index (χ1v) is 14.3. The average Bonchev–Trinajstić information content (AvgIpc) is 3.47. The molecular formula is C24H27Cl2N5O4S. The van der Waals surface area contributed by atoms with E-state index in [0.29, 0.717) is 40.5 Å². The predicted octanol–water partition coefficient (Wildman–Crippen LogP) is 3.34. The maximum Gasteiger partial charge on any atom is 0.255 e. The van der Waals surface area contributed by atoms with Crippen LogP contribution in [-0.4, -0.2) is 66.2 Å². The Bertz CT molecular complexity index is 1410. The minimum absolute atomic E-state index is 0.0224. The molecule has 0 bridgehead atoms. The summed E-state index contributed by atoms with van der Waals surface area (Å²) in [5, 5.41) is 3.51. The number of hydrogen-bond acceptors (Lipinski definition) is 6. The van der Waals surface area contributed by atoms with Crippen LogP contribution in [0.5, 0.6) is 0 Å². The van der Waals surface area contributed by atoms with E-state index < -0.39 is 21.8 Å². The number of fused-ring (bicyclic) bond motifs is 1. The van der Waals surface area contributed by atoms with Crippen molar-refractivity contribution in [3.8, 4) is 0 Å². The van der Waals surface area contributed by atoms with Crippen molar-refractivity contribution in [3.63, 3.8) is 0 Å². The van der Waals surface area contributed by atoms with Gasteiger partial charge < -0.3 is 20.9 Å². The summed E-state index contributed by atoms with van der Waals surface area (Å²) in [6.45, 7) is 0.997. The first-order valence-electron chi connectivity index (χ1n) is 11.5. The van der Waals surface area contributed by atoms with Crippen LogP contribution in [0.3, 0.4) is 0 Å². The lowest BCUT2D eigenvalue weighted by Crippen LogP contribution is -2.40. The molecule has 12 heteroatoms. The minimum Gasteiger partial charge on any atom is -0.342 e. The average molecular weight is 552 g/mol. The zero-order valence-corrected chi connectivity index (χ0v) is 22.0. The number of nitrogens with one attached hydrogen (secondary N) is 2. The van der Waals surface area contributed by atoms with Crippen LogP contribution < -0.4 is 11.1 Å². The van der Waals surface area contributed by atoms with E-state index in [1.165, 1.54) is 18.2 Å². The van der Waals surface area contributed by atoms with Crippen molar-refractivity contribution in [2.24, 2.45) is 5.73 Å². The standard InChI is InChI=1S/C24H27Cl2N5O4S/c1-36(34,35)10-8-20(22-28-19-7-5-15(25)12-21(19)29-22)30-23(32)14-4-6-17(18(26)11-14)24(33)31-9-2-3-16(31)13-27/h4-7,11-12,16,20H,2-3,8-10,13,27H2,1H3,(H,28,29)(H,30,32)/t16-,20?/m0/s1. The number of hydrogen-bond donors (Lipinski definition) is 3. The number of rotatable bonds is 8. The van der Waals surface area contributed by atoms with Crippen LogP contribution in [0.25, 0.3) is 11.0 Å². The molecule has 1 fully saturated rings. The highest BCUT2D eigenvalue weighted by Crippen LogP contribution is 2.26. The fourth-order valence-corrected chi connectivity index (χ4v) is 5.44. The summed E-state index contributed by atoms with van der Waals surface area (Å²) < 4.78 is 23.6. The number of imidazole rings is 1. The van der Waals surface area contributed by atoms with Gasteiger partial charge in [0.2, 0.25) is 0 Å². The Kier molecular flexibility index (Phi) is 7.89. The first kappa shape index (κ1) is 26.4. The van der Waals surface area contributed by atoms with Crippen molar-refractivity contribution in [1.82, 2.24) is 20.2 Å². The summed E-state index contributed by atoms with van der Waals surface area (Å²) in [7, 11) is -3.29. The Morgan fingerprint density at radius 2 is 2.03 bits per heavy atom. The van der Waals surface area contributed by atoms with Crippen molar-refractivity contribution < 1.29 is 18.0 Å². The summed E-state index contributed by atoms with van der Waals surface area (Å²) in [5.41, 5.74) is 7.63. The van der Waals surface area contributed by atoms with Gasteiger partial charge in [0.05, 0.1) is 33.4 Å². The van der Waals surface area contributed by atoms with Gasteiger partial charge in [-0.15, -0.1) is 0 Å². The van der Waals surface area contributed by atoms with E-state index >= 15 is 0 Å². The molecule has 0 saturated carbocycles. The highest BCUT2D eigenvalue weighted by molar-refractivity contribution is 7.90. The van der Waals surface area contributed by atoms with E-state index in [0.717, 1.165) is 19.1 Å². The molecular weight excluding hydrogens is 525 g/mol. The van der Waals surface area contributed by atoms with Gasteiger partial charge in [0, 0.05) is 36.0 Å². The summed E-state index contributed by atoms with van der Waals surface area (Å²) in [6, 6.07) is 8.89. The maximum absolute atomic E-state index is 13.1. The number of aromatic nitrogens is 2. The predicted molar refractivity (Wildman–Crippen MR) is 140 cm³/mol. The molecule has 1 aliphatic rings. The van der Waals surface area contributed by atoms with Crippen LogP contribution in [-0.2, 0) is 9.84 Å². The molecule has 192 valence electrons. The van der Waals surface area contributed by atoms with Crippen LogP contribution in [0.15, 0.2) is 36.4 Å². The van der Waals surface area contributed by atoms with Gasteiger partial charge in [0.25, 0.3) is 11.8 Å². The van der Waals surface area contributed by atoms with Gasteiger partial charge >= 0.3 is 0 Å². The van der Waals surface area contributed by atoms with Gasteiger partial charge in [0.1, 0.15) is 15.7 Å². The van der Waals surface area contributed by atoms with E-state index in [-0.39, 0.29) is 34.7 Å². The van der Waals surface area contributed by atoms with Crippen LogP contribution in [0.1, 0.15) is 51.8 Å². The third-order valence-electron chi connectivity index (χ3n) is 6.25. The SMILES string of the molecule is CS(=O)(=O)CCC(NC(=O)c1ccc(C(=O)N2CCC[C@H]2CN)c(Cl)c1)c1nc2cc(Cl)ccc2[nH]1. The van der Waals surface area contributed by atoms with E-state index in [1.54, 1.807) is 23.1 Å². The van der Waals surface area contributed by atoms with Crippen LogP contribution in [0.4, 0.5) is 0 Å². The van der Waals surface area contributed by atoms with Gasteiger partial charge in [-0.2, -0.15) is 0 Å². The third-order valence-corrected chi connectivity index (χ3v) is 7.77. The first-order chi connectivity index (χ1) is 17.1. The van der Waals surface area contributed by atoms with E-state index in [4.69, 9.17) is 28.9 Å². The Morgan fingerprint density at radius 3 is 2.72 bits per heavy atom. The number of H-pyrrole nitrogens is 1. The van der Waals surface area contributed by atoms with Crippen molar-refractivity contribution >= 4 is 55.9 Å². The lowest BCUT2D eigenvalue weighted by Gasteiger charge is -2.24. The second-order valence-electron chi connectivity index (χ2n) is 8.95. The summed E-state index contributed by atoms with van der Waals surface area (Å²) in [4.78, 5) is 35.4. The number of amides is 2. The molecule has 2 atom stereocenters. The van der Waals surface area contributed by atoms with Crippen molar-refractivity contribution in [3.05, 3.63) is 63.4 Å². The lowest BCUT2D eigenvalue weighted by atomic mass is 10.1. The topological polar surface area (TPSA) is 138 Å². The molecule has 0 aliphatic carbocycles. The number of halogens is 2. The number of carbonyl (C=O) groups excluding carboxylic acids is 2. The van der Waals surface area contributed by atoms with Gasteiger partial charge in [0.15, 0.2) is 0 Å². The molecule has 0 spiro atoms. The maximum atomic E-state index is 13.1. The Hall–Kier alpha value is -2.66. The molecule has 4 rings (SSSR count). The number of benzene rings is 2. The Morgan fingerprint density at radius 1 is 1.25 bits per heavy atom. The third kappa shape index (κ3) is 6.00. The zero-order chi connectivity index (χ0) is 26.0. The van der Waals surface area contributed by atoms with Crippen LogP contribution in [0, 0.1) is 0 Å². The number of nitrogens with two attached hydrogens (primary N) is 1. The van der Waals surface area contributed by atoms with Crippen molar-refractivity contribution in [2.75, 3.05) is 25.1 Å². The molecule has 36 heavy (non-hydrogen) atoms. The van der Waals surface area contributed by atoms with Gasteiger partial charge in [-0.1, -0.05) is 23.2 Å². The molecule has 1 aliphatic heterocycles. The second-order valence-corrected chi connectivity index (χ2v) is 12.1. The normalized spacial score (nSPS) is 16.9. The fraction of sp³-hybridized carbons (Fsp3) is 0.375. The molecule has 2 heterocycles. The molecule has 1 unspecified atom stereocenters. The molecule has 2 amide bonds. The number of aromatic amines is 1. The van der Waals surface area contributed by atoms with Crippen molar-refractivity contribution in [2.45, 2.75) is 31.3 Å². The molecule has 9 nitrogen and oxygen atoms in total. The van der Waals surface area contributed by atoms with E-state index in [1.807, 2.05) is 0 Å². The molecule has 3 aromatic rings. The fourth-order valence-electron chi connectivity index (χ4n) is 4.35. The largest absolute Gasteiger partial charge is 0.342 e. The van der Waals surface area contributed by atoms with Crippen molar-refractivity contribution in [1.29, 1.82) is 0 Å². The van der Waals surface area contributed by atoms with Crippen LogP contribution in [0.2, 0.25) is 10.0 Å². The van der Waals surface area contributed by atoms with E-state index in [9.17, 15) is 18.0 Å². The molecule has 2 aromatic carbocycles. The Balaban J connectivity index is 1.56. The number of sulfone groups is 1. The molecule has 1 saturated heterocycles. The molecule has 1 aromatic heterocycles. The summed E-state index contributed by atoms with van der Waals surface area (Å²) in [6.07, 6.45) is 2.98. The van der Waals surface area contributed by atoms with Gasteiger partial charge in [-0.25, -0.2) is 13.4 Å². The minimum atomic E-state index is -3.29. The number of nitrogens with zero attached hydrogens (tertiary/aromatic N) is 2. The molecule has 0 radical (unpaired) electrons. The van der Waals surface area contributed by atoms with Crippen LogP contribution >= 0.6 is 23.2 Å². The monoisotopic (exact) mass is 551 g/mol. The second kappa shape index (κ2) is 10.8. The summed E-state index contributed by atoms with van der Waals surface area (Å²) in [5.74, 6) is -0.438. The van der Waals surface area contributed by atoms with Gasteiger partial charge in [-0.05, 0) is 55.7 Å². The Labute approximate surface area is 219 Å². The summed E-state index contributed by atoms with van der Waals surface area (Å²) >= 11 is 12.5. The number of likely N-dealkylation sites (tertiary alicyclic amines) is 1. The zero-order valence-electron chi connectivity index (χ0n) is 19.6. The lowest BCUT2D eigenvalue weighted by molar-refractivity contribution is 0.0740. The van der Waals surface area contributed by atoms with Gasteiger partial charge in [-0.3, -0.25) is 9.59 Å². The highest BCUT2D eigenvalue weighted by Gasteiger charge is 2.30. The quantitative estimate of drug-likeness (QED) is 0.392.